The van der Waals surface area contributed by atoms with Crippen molar-refractivity contribution >= 4 is 17.4 Å². The molecule has 180 valence electrons. The van der Waals surface area contributed by atoms with Gasteiger partial charge in [-0.1, -0.05) is 11.8 Å². The van der Waals surface area contributed by atoms with Crippen LogP contribution in [-0.2, 0) is 13.2 Å². The van der Waals surface area contributed by atoms with Gasteiger partial charge in [0.1, 0.15) is 12.0 Å². The maximum absolute atomic E-state index is 12.9. The predicted molar refractivity (Wildman–Crippen MR) is 124 cm³/mol. The number of hydrogen-bond donors (Lipinski definition) is 0. The molecule has 2 aromatic heterocycles. The third kappa shape index (κ3) is 4.76. The first kappa shape index (κ1) is 23.1. The normalized spacial score (nSPS) is 20.8. The molecule has 0 spiro atoms. The van der Waals surface area contributed by atoms with E-state index in [0.717, 1.165) is 67.1 Å². The van der Waals surface area contributed by atoms with Gasteiger partial charge in [0.25, 0.3) is 0 Å². The van der Waals surface area contributed by atoms with E-state index >= 15 is 0 Å². The lowest BCUT2D eigenvalue weighted by Gasteiger charge is -2.27. The average Bonchev–Trinajstić information content (AvgIpc) is 3.51. The van der Waals surface area contributed by atoms with Gasteiger partial charge in [0.05, 0.1) is 5.56 Å². The minimum absolute atomic E-state index is 0.374. The number of fused-ring (bicyclic) bond motifs is 1. The lowest BCUT2D eigenvalue weighted by molar-refractivity contribution is -0.137. The van der Waals surface area contributed by atoms with Crippen molar-refractivity contribution in [2.24, 2.45) is 13.0 Å². The molecule has 0 amide bonds. The number of nitrogens with zero attached hydrogens (tertiary/aromatic N) is 7. The van der Waals surface area contributed by atoms with Crippen LogP contribution in [0.25, 0.3) is 11.5 Å². The molecule has 0 saturated carbocycles. The number of rotatable bonds is 7. The van der Waals surface area contributed by atoms with Crippen LogP contribution in [-0.4, -0.2) is 67.6 Å². The Balaban J connectivity index is 1.11. The molecule has 2 aliphatic rings. The fourth-order valence-corrected chi connectivity index (χ4v) is 5.77. The largest absolute Gasteiger partial charge is 0.416 e. The first-order valence-corrected chi connectivity index (χ1v) is 12.3. The Morgan fingerprint density at radius 1 is 1.09 bits per heavy atom. The summed E-state index contributed by atoms with van der Waals surface area (Å²) in [5, 5.41) is 9.42. The number of anilines is 1. The smallest absolute Gasteiger partial charge is 0.367 e. The molecule has 34 heavy (non-hydrogen) atoms. The van der Waals surface area contributed by atoms with E-state index in [4.69, 9.17) is 0 Å². The van der Waals surface area contributed by atoms with Crippen molar-refractivity contribution in [2.75, 3.05) is 36.8 Å². The monoisotopic (exact) mass is 489 g/mol. The fraction of sp³-hybridized carbons (Fsp3) is 0.478. The highest BCUT2D eigenvalue weighted by atomic mass is 32.2. The standard InChI is InChI=1S/C23H26F3N7S/c1-31-21(19-7-9-27-15-28-19)29-30-22(31)34-12-2-10-32-13-16-8-11-33(20(16)14-32)18-5-3-17(4-6-18)23(24,25)26/h3-7,9,15-16,20H,2,8,10-14H2,1H3/t16-,20+/m0/s1. The zero-order valence-electron chi connectivity index (χ0n) is 18.8. The molecule has 7 nitrogen and oxygen atoms in total. The topological polar surface area (TPSA) is 63.0 Å². The summed E-state index contributed by atoms with van der Waals surface area (Å²) in [6.45, 7) is 3.91. The summed E-state index contributed by atoms with van der Waals surface area (Å²) in [7, 11) is 1.94. The molecule has 0 unspecified atom stereocenters. The summed E-state index contributed by atoms with van der Waals surface area (Å²) >= 11 is 1.68. The van der Waals surface area contributed by atoms with E-state index in [1.807, 2.05) is 17.7 Å². The van der Waals surface area contributed by atoms with Gasteiger partial charge in [-0.25, -0.2) is 9.97 Å². The Kier molecular flexibility index (Phi) is 6.48. The third-order valence-electron chi connectivity index (χ3n) is 6.65. The van der Waals surface area contributed by atoms with Gasteiger partial charge in [-0.15, -0.1) is 10.2 Å². The van der Waals surface area contributed by atoms with Gasteiger partial charge in [-0.05, 0) is 55.6 Å². The molecule has 0 radical (unpaired) electrons. The third-order valence-corrected chi connectivity index (χ3v) is 7.75. The van der Waals surface area contributed by atoms with Gasteiger partial charge >= 0.3 is 6.18 Å². The summed E-state index contributed by atoms with van der Waals surface area (Å²) in [5.41, 5.74) is 1.04. The summed E-state index contributed by atoms with van der Waals surface area (Å²) in [4.78, 5) is 12.9. The Hall–Kier alpha value is -2.66. The molecule has 11 heteroatoms. The number of halogens is 3. The molecule has 2 saturated heterocycles. The molecule has 3 aromatic rings. The highest BCUT2D eigenvalue weighted by Gasteiger charge is 2.41. The molecular formula is C23H26F3N7S. The first-order valence-electron chi connectivity index (χ1n) is 11.3. The van der Waals surface area contributed by atoms with Crippen molar-refractivity contribution in [1.29, 1.82) is 0 Å². The number of likely N-dealkylation sites (tertiary alicyclic amines) is 1. The van der Waals surface area contributed by atoms with E-state index in [1.54, 1.807) is 30.1 Å². The number of alkyl halides is 3. The van der Waals surface area contributed by atoms with Crippen LogP contribution in [0.15, 0.2) is 48.0 Å². The van der Waals surface area contributed by atoms with Crippen molar-refractivity contribution < 1.29 is 13.2 Å². The second-order valence-electron chi connectivity index (χ2n) is 8.78. The Labute approximate surface area is 200 Å². The molecule has 2 fully saturated rings. The highest BCUT2D eigenvalue weighted by molar-refractivity contribution is 7.99. The van der Waals surface area contributed by atoms with Crippen LogP contribution in [0.4, 0.5) is 18.9 Å². The zero-order valence-corrected chi connectivity index (χ0v) is 19.6. The molecule has 0 bridgehead atoms. The number of hydrogen-bond acceptors (Lipinski definition) is 7. The van der Waals surface area contributed by atoms with Gasteiger partial charge < -0.3 is 14.4 Å². The Morgan fingerprint density at radius 2 is 1.91 bits per heavy atom. The van der Waals surface area contributed by atoms with Crippen molar-refractivity contribution in [3.8, 4) is 11.5 Å². The van der Waals surface area contributed by atoms with E-state index in [1.165, 1.54) is 18.5 Å². The predicted octanol–water partition coefficient (Wildman–Crippen LogP) is 3.98. The molecule has 2 aliphatic heterocycles. The maximum atomic E-state index is 12.9. The van der Waals surface area contributed by atoms with Crippen molar-refractivity contribution in [3.63, 3.8) is 0 Å². The zero-order chi connectivity index (χ0) is 23.7. The van der Waals surface area contributed by atoms with Crippen molar-refractivity contribution in [2.45, 2.75) is 30.2 Å². The number of thioether (sulfide) groups is 1. The van der Waals surface area contributed by atoms with Gasteiger partial charge in [0.15, 0.2) is 11.0 Å². The lowest BCUT2D eigenvalue weighted by Crippen LogP contribution is -2.35. The molecule has 0 aliphatic carbocycles. The summed E-state index contributed by atoms with van der Waals surface area (Å²) < 4.78 is 40.6. The lowest BCUT2D eigenvalue weighted by atomic mass is 10.0. The summed E-state index contributed by atoms with van der Waals surface area (Å²) in [5.74, 6) is 2.23. The van der Waals surface area contributed by atoms with Crippen LogP contribution in [0.5, 0.6) is 0 Å². The van der Waals surface area contributed by atoms with Gasteiger partial charge in [-0.3, -0.25) is 0 Å². The van der Waals surface area contributed by atoms with E-state index < -0.39 is 11.7 Å². The van der Waals surface area contributed by atoms with Crippen LogP contribution in [0, 0.1) is 5.92 Å². The number of benzene rings is 1. The van der Waals surface area contributed by atoms with E-state index in [0.29, 0.717) is 12.0 Å². The van der Waals surface area contributed by atoms with Gasteiger partial charge in [0, 0.05) is 50.4 Å². The second-order valence-corrected chi connectivity index (χ2v) is 9.84. The van der Waals surface area contributed by atoms with E-state index in [9.17, 15) is 13.2 Å². The van der Waals surface area contributed by atoms with E-state index in [2.05, 4.69) is 30.0 Å². The molecular weight excluding hydrogens is 463 g/mol. The minimum Gasteiger partial charge on any atom is -0.367 e. The SMILES string of the molecule is Cn1c(SCCCN2C[C@@H]3CCN(c4ccc(C(F)(F)F)cc4)[C@@H]3C2)nnc1-c1ccncn1. The minimum atomic E-state index is -4.29. The molecule has 1 aromatic carbocycles. The Bertz CT molecular complexity index is 1100. The van der Waals surface area contributed by atoms with Crippen LogP contribution < -0.4 is 4.90 Å². The van der Waals surface area contributed by atoms with Crippen molar-refractivity contribution in [1.82, 2.24) is 29.6 Å². The fourth-order valence-electron chi connectivity index (χ4n) is 4.93. The maximum Gasteiger partial charge on any atom is 0.416 e. The van der Waals surface area contributed by atoms with Gasteiger partial charge in [0.2, 0.25) is 0 Å². The molecule has 2 atom stereocenters. The van der Waals surface area contributed by atoms with Crippen LogP contribution in [0.1, 0.15) is 18.4 Å². The molecule has 0 N–H and O–H groups in total. The number of aromatic nitrogens is 5. The van der Waals surface area contributed by atoms with Crippen LogP contribution in [0.3, 0.4) is 0 Å². The highest BCUT2D eigenvalue weighted by Crippen LogP contribution is 2.37. The summed E-state index contributed by atoms with van der Waals surface area (Å²) in [6.07, 6.45) is 1.01. The molecule has 4 heterocycles. The Morgan fingerprint density at radius 3 is 2.65 bits per heavy atom. The second kappa shape index (κ2) is 9.53. The van der Waals surface area contributed by atoms with Crippen molar-refractivity contribution in [3.05, 3.63) is 48.4 Å². The average molecular weight is 490 g/mol. The summed E-state index contributed by atoms with van der Waals surface area (Å²) in [6, 6.07) is 7.79. The molecule has 5 rings (SSSR count). The van der Waals surface area contributed by atoms with Gasteiger partial charge in [-0.2, -0.15) is 13.2 Å². The quantitative estimate of drug-likeness (QED) is 0.367. The van der Waals surface area contributed by atoms with E-state index in [-0.39, 0.29) is 0 Å². The first-order chi connectivity index (χ1) is 16.4. The van der Waals surface area contributed by atoms with Crippen LogP contribution in [0.2, 0.25) is 0 Å². The van der Waals surface area contributed by atoms with Crippen LogP contribution >= 0.6 is 11.8 Å².